The molecule has 0 spiro atoms. The van der Waals surface area contributed by atoms with E-state index in [9.17, 15) is 0 Å². The minimum Gasteiger partial charge on any atom is -0.493 e. The summed E-state index contributed by atoms with van der Waals surface area (Å²) in [6.45, 7) is 9.37. The fraction of sp³-hybridized carbons (Fsp3) is 0.625. The van der Waals surface area contributed by atoms with Crippen molar-refractivity contribution in [1.82, 2.24) is 10.6 Å². The van der Waals surface area contributed by atoms with Crippen LogP contribution < -0.4 is 15.4 Å². The van der Waals surface area contributed by atoms with E-state index < -0.39 is 0 Å². The van der Waals surface area contributed by atoms with E-state index in [4.69, 9.17) is 4.74 Å². The van der Waals surface area contributed by atoms with Crippen molar-refractivity contribution in [3.05, 3.63) is 29.3 Å². The van der Waals surface area contributed by atoms with Gasteiger partial charge in [-0.2, -0.15) is 0 Å². The lowest BCUT2D eigenvalue weighted by atomic mass is 10.0. The second kappa shape index (κ2) is 6.92. The van der Waals surface area contributed by atoms with Crippen LogP contribution in [0.15, 0.2) is 18.2 Å². The van der Waals surface area contributed by atoms with E-state index in [-0.39, 0.29) is 0 Å². The zero-order valence-electron chi connectivity index (χ0n) is 12.3. The second-order valence-electron chi connectivity index (χ2n) is 5.74. The number of hydrogen-bond acceptors (Lipinski definition) is 3. The average molecular weight is 262 g/mol. The van der Waals surface area contributed by atoms with Crippen molar-refractivity contribution < 1.29 is 4.74 Å². The predicted octanol–water partition coefficient (Wildman–Crippen LogP) is 2.49. The van der Waals surface area contributed by atoms with Crippen LogP contribution in [-0.4, -0.2) is 25.2 Å². The van der Waals surface area contributed by atoms with E-state index in [0.29, 0.717) is 12.1 Å². The SMILES string of the molecule is CC(C)NCC(C)NCc1ccc2c(c1)CCCO2. The fourth-order valence-electron chi connectivity index (χ4n) is 2.30. The zero-order chi connectivity index (χ0) is 13.7. The van der Waals surface area contributed by atoms with Gasteiger partial charge in [0.25, 0.3) is 0 Å². The Morgan fingerprint density at radius 1 is 1.21 bits per heavy atom. The summed E-state index contributed by atoms with van der Waals surface area (Å²) < 4.78 is 5.64. The number of aryl methyl sites for hydroxylation is 1. The smallest absolute Gasteiger partial charge is 0.122 e. The molecule has 0 saturated heterocycles. The molecule has 19 heavy (non-hydrogen) atoms. The summed E-state index contributed by atoms with van der Waals surface area (Å²) in [5, 5.41) is 7.01. The Morgan fingerprint density at radius 2 is 2.05 bits per heavy atom. The van der Waals surface area contributed by atoms with Crippen molar-refractivity contribution in [3.8, 4) is 5.75 Å². The van der Waals surface area contributed by atoms with Crippen LogP contribution in [0.25, 0.3) is 0 Å². The number of benzene rings is 1. The van der Waals surface area contributed by atoms with Gasteiger partial charge in [0.1, 0.15) is 5.75 Å². The Hall–Kier alpha value is -1.06. The van der Waals surface area contributed by atoms with Gasteiger partial charge in [0, 0.05) is 25.2 Å². The molecule has 2 N–H and O–H groups in total. The summed E-state index contributed by atoms with van der Waals surface area (Å²) >= 11 is 0. The molecule has 0 amide bonds. The molecule has 0 aliphatic carbocycles. The maximum Gasteiger partial charge on any atom is 0.122 e. The molecular weight excluding hydrogens is 236 g/mol. The first-order valence-corrected chi connectivity index (χ1v) is 7.36. The first-order valence-electron chi connectivity index (χ1n) is 7.36. The minimum atomic E-state index is 0.481. The molecule has 0 fully saturated rings. The largest absolute Gasteiger partial charge is 0.493 e. The lowest BCUT2D eigenvalue weighted by Crippen LogP contribution is -2.38. The minimum absolute atomic E-state index is 0.481. The summed E-state index contributed by atoms with van der Waals surface area (Å²) in [4.78, 5) is 0. The Bertz CT molecular complexity index is 404. The molecule has 0 radical (unpaired) electrons. The van der Waals surface area contributed by atoms with E-state index in [2.05, 4.69) is 49.6 Å². The highest BCUT2D eigenvalue weighted by Gasteiger charge is 2.10. The lowest BCUT2D eigenvalue weighted by Gasteiger charge is -2.19. The van der Waals surface area contributed by atoms with Crippen LogP contribution in [0.2, 0.25) is 0 Å². The van der Waals surface area contributed by atoms with Crippen LogP contribution in [0.5, 0.6) is 5.75 Å². The highest BCUT2D eigenvalue weighted by atomic mass is 16.5. The summed E-state index contributed by atoms with van der Waals surface area (Å²) in [7, 11) is 0. The number of ether oxygens (including phenoxy) is 1. The first-order chi connectivity index (χ1) is 9.15. The molecule has 106 valence electrons. The summed E-state index contributed by atoms with van der Waals surface area (Å²) in [5.41, 5.74) is 2.71. The Kier molecular flexibility index (Phi) is 5.23. The van der Waals surface area contributed by atoms with Gasteiger partial charge in [-0.25, -0.2) is 0 Å². The van der Waals surface area contributed by atoms with Crippen LogP contribution in [0.3, 0.4) is 0 Å². The van der Waals surface area contributed by atoms with Gasteiger partial charge in [-0.1, -0.05) is 26.0 Å². The van der Waals surface area contributed by atoms with Crippen molar-refractivity contribution in [2.75, 3.05) is 13.2 Å². The molecule has 1 aromatic rings. The fourth-order valence-corrected chi connectivity index (χ4v) is 2.30. The van der Waals surface area contributed by atoms with Gasteiger partial charge in [-0.15, -0.1) is 0 Å². The second-order valence-corrected chi connectivity index (χ2v) is 5.74. The number of fused-ring (bicyclic) bond motifs is 1. The Balaban J connectivity index is 1.82. The third kappa shape index (κ3) is 4.51. The molecule has 0 aromatic heterocycles. The van der Waals surface area contributed by atoms with E-state index in [1.165, 1.54) is 11.1 Å². The van der Waals surface area contributed by atoms with Crippen LogP contribution in [0, 0.1) is 0 Å². The van der Waals surface area contributed by atoms with Gasteiger partial charge in [-0.05, 0) is 37.0 Å². The molecule has 2 rings (SSSR count). The summed E-state index contributed by atoms with van der Waals surface area (Å²) in [5.74, 6) is 1.07. The topological polar surface area (TPSA) is 33.3 Å². The number of rotatable bonds is 6. The molecule has 1 aliphatic heterocycles. The van der Waals surface area contributed by atoms with Gasteiger partial charge in [0.2, 0.25) is 0 Å². The van der Waals surface area contributed by atoms with Crippen molar-refractivity contribution in [2.24, 2.45) is 0 Å². The molecule has 1 aliphatic rings. The highest BCUT2D eigenvalue weighted by Crippen LogP contribution is 2.25. The molecule has 1 heterocycles. The van der Waals surface area contributed by atoms with Gasteiger partial charge in [0.05, 0.1) is 6.61 Å². The van der Waals surface area contributed by atoms with Gasteiger partial charge >= 0.3 is 0 Å². The zero-order valence-corrected chi connectivity index (χ0v) is 12.3. The highest BCUT2D eigenvalue weighted by molar-refractivity contribution is 5.38. The van der Waals surface area contributed by atoms with Crippen LogP contribution >= 0.6 is 0 Å². The molecular formula is C16H26N2O. The molecule has 1 aromatic carbocycles. The number of nitrogens with one attached hydrogen (secondary N) is 2. The molecule has 1 unspecified atom stereocenters. The third-order valence-corrected chi connectivity index (χ3v) is 3.46. The van der Waals surface area contributed by atoms with Crippen LogP contribution in [-0.2, 0) is 13.0 Å². The van der Waals surface area contributed by atoms with Crippen molar-refractivity contribution in [2.45, 2.75) is 52.2 Å². The molecule has 1 atom stereocenters. The van der Waals surface area contributed by atoms with Gasteiger partial charge in [-0.3, -0.25) is 0 Å². The van der Waals surface area contributed by atoms with Crippen molar-refractivity contribution in [1.29, 1.82) is 0 Å². The first kappa shape index (κ1) is 14.4. The molecule has 3 heteroatoms. The third-order valence-electron chi connectivity index (χ3n) is 3.46. The maximum absolute atomic E-state index is 5.64. The van der Waals surface area contributed by atoms with Gasteiger partial charge in [0.15, 0.2) is 0 Å². The van der Waals surface area contributed by atoms with E-state index >= 15 is 0 Å². The van der Waals surface area contributed by atoms with Crippen molar-refractivity contribution >= 4 is 0 Å². The van der Waals surface area contributed by atoms with Gasteiger partial charge < -0.3 is 15.4 Å². The average Bonchev–Trinajstić information content (AvgIpc) is 2.42. The monoisotopic (exact) mass is 262 g/mol. The Morgan fingerprint density at radius 3 is 2.84 bits per heavy atom. The molecule has 3 nitrogen and oxygen atoms in total. The predicted molar refractivity (Wildman–Crippen MR) is 79.7 cm³/mol. The van der Waals surface area contributed by atoms with E-state index in [1.807, 2.05) is 0 Å². The quantitative estimate of drug-likeness (QED) is 0.826. The van der Waals surface area contributed by atoms with E-state index in [1.54, 1.807) is 0 Å². The maximum atomic E-state index is 5.64. The normalized spacial score (nSPS) is 16.0. The standard InChI is InChI=1S/C16H26N2O/c1-12(2)17-10-13(3)18-11-14-6-7-16-15(9-14)5-4-8-19-16/h6-7,9,12-13,17-18H,4-5,8,10-11H2,1-3H3. The van der Waals surface area contributed by atoms with Crippen LogP contribution in [0.1, 0.15) is 38.3 Å². The molecule has 0 saturated carbocycles. The summed E-state index contributed by atoms with van der Waals surface area (Å²) in [6.07, 6.45) is 2.28. The van der Waals surface area contributed by atoms with Crippen LogP contribution in [0.4, 0.5) is 0 Å². The Labute approximate surface area is 116 Å². The number of hydrogen-bond donors (Lipinski definition) is 2. The van der Waals surface area contributed by atoms with Crippen molar-refractivity contribution in [3.63, 3.8) is 0 Å². The molecule has 0 bridgehead atoms. The van der Waals surface area contributed by atoms with E-state index in [0.717, 1.165) is 38.3 Å². The summed E-state index contributed by atoms with van der Waals surface area (Å²) in [6, 6.07) is 7.59. The lowest BCUT2D eigenvalue weighted by molar-refractivity contribution is 0.288.